The van der Waals surface area contributed by atoms with Crippen molar-refractivity contribution in [1.29, 1.82) is 0 Å². The number of rotatable bonds is 3. The summed E-state index contributed by atoms with van der Waals surface area (Å²) in [4.78, 5) is 2.17. The van der Waals surface area contributed by atoms with Gasteiger partial charge in [-0.05, 0) is 25.5 Å². The molecule has 0 unspecified atom stereocenters. The quantitative estimate of drug-likeness (QED) is 0.923. The van der Waals surface area contributed by atoms with Crippen LogP contribution in [0.5, 0.6) is 5.75 Å². The molecule has 21 heavy (non-hydrogen) atoms. The summed E-state index contributed by atoms with van der Waals surface area (Å²) in [5.41, 5.74) is -0.921. The lowest BCUT2D eigenvalue weighted by Gasteiger charge is -2.38. The lowest BCUT2D eigenvalue weighted by Crippen LogP contribution is -2.42. The Bertz CT molecular complexity index is 499. The van der Waals surface area contributed by atoms with E-state index in [1.807, 2.05) is 6.92 Å². The number of ether oxygens (including phenoxy) is 1. The molecule has 1 aliphatic heterocycles. The van der Waals surface area contributed by atoms with Gasteiger partial charge in [0.05, 0.1) is 10.6 Å². The van der Waals surface area contributed by atoms with Gasteiger partial charge in [0.1, 0.15) is 5.75 Å². The summed E-state index contributed by atoms with van der Waals surface area (Å²) in [7, 11) is 0. The molecule has 0 aromatic heterocycles. The predicted octanol–water partition coefficient (Wildman–Crippen LogP) is 3.54. The summed E-state index contributed by atoms with van der Waals surface area (Å²) >= 11 is 6.01. The highest BCUT2D eigenvalue weighted by atomic mass is 35.5. The topological polar surface area (TPSA) is 32.7 Å². The van der Waals surface area contributed by atoms with E-state index in [9.17, 15) is 18.3 Å². The Morgan fingerprint density at radius 3 is 2.48 bits per heavy atom. The van der Waals surface area contributed by atoms with Crippen LogP contribution in [0.15, 0.2) is 18.2 Å². The van der Waals surface area contributed by atoms with Gasteiger partial charge in [-0.15, -0.1) is 13.2 Å². The van der Waals surface area contributed by atoms with Crippen LogP contribution >= 0.6 is 11.6 Å². The van der Waals surface area contributed by atoms with Gasteiger partial charge in [0.2, 0.25) is 0 Å². The number of nitrogens with zero attached hydrogens (tertiary/aromatic N) is 1. The van der Waals surface area contributed by atoms with E-state index in [1.165, 1.54) is 6.07 Å². The van der Waals surface area contributed by atoms with Gasteiger partial charge in [0.15, 0.2) is 0 Å². The molecule has 0 aliphatic carbocycles. The second-order valence-electron chi connectivity index (χ2n) is 5.13. The number of aliphatic hydroxyl groups is 1. The van der Waals surface area contributed by atoms with Crippen LogP contribution in [0.1, 0.15) is 25.3 Å². The molecule has 0 atom stereocenters. The van der Waals surface area contributed by atoms with E-state index in [0.717, 1.165) is 12.6 Å². The minimum atomic E-state index is -4.81. The zero-order valence-corrected chi connectivity index (χ0v) is 12.3. The van der Waals surface area contributed by atoms with Gasteiger partial charge in [-0.3, -0.25) is 0 Å². The maximum absolute atomic E-state index is 12.3. The van der Waals surface area contributed by atoms with Crippen molar-refractivity contribution in [2.75, 3.05) is 19.6 Å². The normalized spacial score (nSPS) is 19.5. The Morgan fingerprint density at radius 1 is 1.33 bits per heavy atom. The fraction of sp³-hybridized carbons (Fsp3) is 0.571. The molecular formula is C14H17ClF3NO2. The average molecular weight is 324 g/mol. The SMILES string of the molecule is CCN1CCC(O)(c2cccc(OC(F)(F)F)c2Cl)CC1. The Labute approximate surface area is 126 Å². The second-order valence-corrected chi connectivity index (χ2v) is 5.51. The standard InChI is InChI=1S/C14H17ClF3NO2/c1-2-19-8-6-13(20,7-9-19)10-4-3-5-11(12(10)15)21-14(16,17)18/h3-5,20H,2,6-9H2,1H3. The van der Waals surface area contributed by atoms with Crippen molar-refractivity contribution in [3.05, 3.63) is 28.8 Å². The van der Waals surface area contributed by atoms with E-state index < -0.39 is 17.7 Å². The molecule has 7 heteroatoms. The first-order valence-electron chi connectivity index (χ1n) is 6.74. The van der Waals surface area contributed by atoms with E-state index in [-0.39, 0.29) is 5.02 Å². The van der Waals surface area contributed by atoms with E-state index >= 15 is 0 Å². The molecule has 1 N–H and O–H groups in total. The van der Waals surface area contributed by atoms with Crippen LogP contribution in [0, 0.1) is 0 Å². The molecule has 1 heterocycles. The summed E-state index contributed by atoms with van der Waals surface area (Å²) in [6.07, 6.45) is -3.96. The third-order valence-electron chi connectivity index (χ3n) is 3.82. The van der Waals surface area contributed by atoms with Gasteiger partial charge in [-0.2, -0.15) is 0 Å². The minimum absolute atomic E-state index is 0.178. The summed E-state index contributed by atoms with van der Waals surface area (Å²) < 4.78 is 40.9. The Kier molecular flexibility index (Phi) is 4.70. The highest BCUT2D eigenvalue weighted by Gasteiger charge is 2.38. The smallest absolute Gasteiger partial charge is 0.404 e. The second kappa shape index (κ2) is 6.02. The molecular weight excluding hydrogens is 307 g/mol. The van der Waals surface area contributed by atoms with Crippen molar-refractivity contribution in [3.63, 3.8) is 0 Å². The van der Waals surface area contributed by atoms with Crippen LogP contribution in [0.3, 0.4) is 0 Å². The Morgan fingerprint density at radius 2 is 1.95 bits per heavy atom. The van der Waals surface area contributed by atoms with Crippen LogP contribution in [-0.4, -0.2) is 36.0 Å². The first kappa shape index (κ1) is 16.4. The third kappa shape index (κ3) is 3.81. The summed E-state index contributed by atoms with van der Waals surface area (Å²) in [6, 6.07) is 4.10. The number of hydrogen-bond acceptors (Lipinski definition) is 3. The van der Waals surface area contributed by atoms with Crippen molar-refractivity contribution in [3.8, 4) is 5.75 Å². The van der Waals surface area contributed by atoms with E-state index in [1.54, 1.807) is 6.07 Å². The predicted molar refractivity (Wildman–Crippen MR) is 73.4 cm³/mol. The Hall–Kier alpha value is -0.980. The molecule has 0 amide bonds. The van der Waals surface area contributed by atoms with Gasteiger partial charge in [0, 0.05) is 18.7 Å². The monoisotopic (exact) mass is 323 g/mol. The number of benzene rings is 1. The van der Waals surface area contributed by atoms with Crippen LogP contribution in [-0.2, 0) is 5.60 Å². The molecule has 2 rings (SSSR count). The van der Waals surface area contributed by atoms with Gasteiger partial charge >= 0.3 is 6.36 Å². The molecule has 1 aromatic rings. The lowest BCUT2D eigenvalue weighted by molar-refractivity contribution is -0.274. The van der Waals surface area contributed by atoms with Gasteiger partial charge < -0.3 is 14.7 Å². The summed E-state index contributed by atoms with van der Waals surface area (Å²) in [5, 5.41) is 10.5. The number of likely N-dealkylation sites (tertiary alicyclic amines) is 1. The van der Waals surface area contributed by atoms with E-state index in [0.29, 0.717) is 31.5 Å². The Balaban J connectivity index is 2.26. The number of alkyl halides is 3. The van der Waals surface area contributed by atoms with Gasteiger partial charge in [-0.25, -0.2) is 0 Å². The number of hydrogen-bond donors (Lipinski definition) is 1. The van der Waals surface area contributed by atoms with E-state index in [2.05, 4.69) is 9.64 Å². The molecule has 0 radical (unpaired) electrons. The molecule has 1 fully saturated rings. The van der Waals surface area contributed by atoms with Crippen LogP contribution in [0.25, 0.3) is 0 Å². The maximum atomic E-state index is 12.3. The molecule has 0 spiro atoms. The van der Waals surface area contributed by atoms with Crippen molar-refractivity contribution in [1.82, 2.24) is 4.90 Å². The third-order valence-corrected chi connectivity index (χ3v) is 4.21. The van der Waals surface area contributed by atoms with Crippen LogP contribution < -0.4 is 4.74 Å². The molecule has 3 nitrogen and oxygen atoms in total. The molecule has 118 valence electrons. The number of piperidine rings is 1. The highest BCUT2D eigenvalue weighted by Crippen LogP contribution is 2.41. The van der Waals surface area contributed by atoms with Crippen LogP contribution in [0.2, 0.25) is 5.02 Å². The van der Waals surface area contributed by atoms with Crippen molar-refractivity contribution >= 4 is 11.6 Å². The molecule has 1 aliphatic rings. The molecule has 1 aromatic carbocycles. The van der Waals surface area contributed by atoms with Gasteiger partial charge in [-0.1, -0.05) is 30.7 Å². The maximum Gasteiger partial charge on any atom is 0.573 e. The summed E-state index contributed by atoms with van der Waals surface area (Å²) in [6.45, 7) is 4.25. The van der Waals surface area contributed by atoms with Crippen LogP contribution in [0.4, 0.5) is 13.2 Å². The van der Waals surface area contributed by atoms with E-state index in [4.69, 9.17) is 11.6 Å². The highest BCUT2D eigenvalue weighted by molar-refractivity contribution is 6.33. The zero-order valence-electron chi connectivity index (χ0n) is 11.6. The lowest BCUT2D eigenvalue weighted by atomic mass is 9.84. The molecule has 0 saturated carbocycles. The average Bonchev–Trinajstić information content (AvgIpc) is 2.40. The fourth-order valence-electron chi connectivity index (χ4n) is 2.58. The molecule has 0 bridgehead atoms. The largest absolute Gasteiger partial charge is 0.573 e. The number of halogens is 4. The van der Waals surface area contributed by atoms with Gasteiger partial charge in [0.25, 0.3) is 0 Å². The van der Waals surface area contributed by atoms with Crippen molar-refractivity contribution < 1.29 is 23.0 Å². The fourth-order valence-corrected chi connectivity index (χ4v) is 2.92. The van der Waals surface area contributed by atoms with Crippen molar-refractivity contribution in [2.24, 2.45) is 0 Å². The molecule has 1 saturated heterocycles. The minimum Gasteiger partial charge on any atom is -0.404 e. The first-order chi connectivity index (χ1) is 9.75. The summed E-state index contributed by atoms with van der Waals surface area (Å²) in [5.74, 6) is -0.479. The zero-order chi connectivity index (χ0) is 15.7. The first-order valence-corrected chi connectivity index (χ1v) is 7.12. The van der Waals surface area contributed by atoms with Crippen molar-refractivity contribution in [2.45, 2.75) is 31.7 Å².